The third-order valence-corrected chi connectivity index (χ3v) is 6.26. The van der Waals surface area contributed by atoms with Crippen LogP contribution in [0, 0.1) is 24.4 Å². The van der Waals surface area contributed by atoms with E-state index in [-0.39, 0.29) is 41.5 Å². The first-order chi connectivity index (χ1) is 16.5. The summed E-state index contributed by atoms with van der Waals surface area (Å²) in [6.07, 6.45) is 1.24. The van der Waals surface area contributed by atoms with Crippen molar-refractivity contribution in [3.63, 3.8) is 0 Å². The molecule has 2 heterocycles. The van der Waals surface area contributed by atoms with Crippen molar-refractivity contribution in [3.8, 4) is 23.0 Å². The van der Waals surface area contributed by atoms with Crippen LogP contribution in [0.1, 0.15) is 12.0 Å². The number of benzene rings is 2. The number of ether oxygens (including phenoxy) is 1. The maximum Gasteiger partial charge on any atom is 0.318 e. The fourth-order valence-electron chi connectivity index (χ4n) is 3.66. The summed E-state index contributed by atoms with van der Waals surface area (Å²) in [5, 5.41) is 0.269. The molecule has 2 aromatic heterocycles. The molecule has 7 nitrogen and oxygen atoms in total. The van der Waals surface area contributed by atoms with Crippen LogP contribution in [-0.2, 0) is 9.84 Å². The minimum Gasteiger partial charge on any atom is -0.463 e. The lowest BCUT2D eigenvalue weighted by Crippen LogP contribution is -2.21. The monoisotopic (exact) mass is 503 g/mol. The number of nitrogens with zero attached hydrogens (tertiary/aromatic N) is 3. The summed E-state index contributed by atoms with van der Waals surface area (Å²) in [4.78, 5) is 21.4. The summed E-state index contributed by atoms with van der Waals surface area (Å²) in [6, 6.07) is 9.52. The number of para-hydroxylation sites is 1. The van der Waals surface area contributed by atoms with Gasteiger partial charge in [-0.1, -0.05) is 6.07 Å². The molecule has 35 heavy (non-hydrogen) atoms. The van der Waals surface area contributed by atoms with Crippen LogP contribution in [0.25, 0.3) is 28.0 Å². The molecule has 0 fully saturated rings. The van der Waals surface area contributed by atoms with Crippen LogP contribution in [-0.4, -0.2) is 41.6 Å². The number of pyridine rings is 1. The van der Waals surface area contributed by atoms with Crippen LogP contribution in [0.5, 0.6) is 6.01 Å². The molecule has 0 aliphatic carbocycles. The normalized spacial score (nSPS) is 11.7. The molecule has 182 valence electrons. The highest BCUT2D eigenvalue weighted by Gasteiger charge is 2.20. The van der Waals surface area contributed by atoms with Gasteiger partial charge in [0, 0.05) is 23.3 Å². The molecular weight excluding hydrogens is 483 g/mol. The summed E-state index contributed by atoms with van der Waals surface area (Å²) in [5.74, 6) is -2.55. The molecule has 2 aromatic carbocycles. The minimum absolute atomic E-state index is 0.0639. The second-order valence-electron chi connectivity index (χ2n) is 7.96. The summed E-state index contributed by atoms with van der Waals surface area (Å²) in [5.41, 5.74) is -0.247. The molecule has 0 radical (unpaired) electrons. The summed E-state index contributed by atoms with van der Waals surface area (Å²) in [6.45, 7) is 1.59. The number of hydrogen-bond donors (Lipinski definition) is 0. The first kappa shape index (κ1) is 24.4. The van der Waals surface area contributed by atoms with Crippen LogP contribution < -0.4 is 10.3 Å². The van der Waals surface area contributed by atoms with Gasteiger partial charge in [-0.25, -0.2) is 21.6 Å². The number of aryl methyl sites for hydroxylation is 1. The van der Waals surface area contributed by atoms with Gasteiger partial charge < -0.3 is 4.74 Å². The molecule has 0 saturated heterocycles. The van der Waals surface area contributed by atoms with Crippen molar-refractivity contribution in [3.05, 3.63) is 81.9 Å². The van der Waals surface area contributed by atoms with Crippen LogP contribution in [0.3, 0.4) is 0 Å². The molecule has 0 aliphatic heterocycles. The summed E-state index contributed by atoms with van der Waals surface area (Å²) >= 11 is 0. The lowest BCUT2D eigenvalue weighted by molar-refractivity contribution is 0.294. The van der Waals surface area contributed by atoms with Gasteiger partial charge in [0.2, 0.25) is 0 Å². The smallest absolute Gasteiger partial charge is 0.318 e. The molecule has 0 bridgehead atoms. The molecule has 4 rings (SSSR count). The predicted molar refractivity (Wildman–Crippen MR) is 125 cm³/mol. The Morgan fingerprint density at radius 1 is 1.00 bits per heavy atom. The summed E-state index contributed by atoms with van der Waals surface area (Å²) in [7, 11) is -3.22. The molecule has 11 heteroatoms. The number of rotatable bonds is 7. The number of hydrogen-bond acceptors (Lipinski definition) is 6. The first-order valence-corrected chi connectivity index (χ1v) is 12.6. The number of fused-ring (bicyclic) bond motifs is 1. The molecule has 0 unspecified atom stereocenters. The Hall–Kier alpha value is -3.73. The van der Waals surface area contributed by atoms with E-state index in [1.54, 1.807) is 6.92 Å². The minimum atomic E-state index is -3.22. The van der Waals surface area contributed by atoms with Gasteiger partial charge in [-0.3, -0.25) is 9.36 Å². The molecule has 0 aliphatic rings. The van der Waals surface area contributed by atoms with Gasteiger partial charge in [0.05, 0.1) is 18.1 Å². The van der Waals surface area contributed by atoms with Crippen molar-refractivity contribution in [1.29, 1.82) is 0 Å². The fourth-order valence-corrected chi connectivity index (χ4v) is 4.30. The van der Waals surface area contributed by atoms with Gasteiger partial charge >= 0.3 is 6.01 Å². The first-order valence-electron chi connectivity index (χ1n) is 10.5. The van der Waals surface area contributed by atoms with E-state index in [4.69, 9.17) is 4.74 Å². The average Bonchev–Trinajstić information content (AvgIpc) is 2.77. The highest BCUT2D eigenvalue weighted by Crippen LogP contribution is 2.31. The van der Waals surface area contributed by atoms with E-state index in [1.165, 1.54) is 30.3 Å². The zero-order chi connectivity index (χ0) is 25.3. The zero-order valence-electron chi connectivity index (χ0n) is 18.8. The van der Waals surface area contributed by atoms with Gasteiger partial charge in [-0.15, -0.1) is 0 Å². The Labute approximate surface area is 198 Å². The van der Waals surface area contributed by atoms with Crippen molar-refractivity contribution >= 4 is 20.9 Å². The number of halogens is 3. The average molecular weight is 504 g/mol. The van der Waals surface area contributed by atoms with Crippen LogP contribution in [0.15, 0.2) is 53.3 Å². The fraction of sp³-hybridized carbons (Fsp3) is 0.208. The highest BCUT2D eigenvalue weighted by atomic mass is 32.2. The topological polar surface area (TPSA) is 91.2 Å². The molecule has 0 saturated carbocycles. The van der Waals surface area contributed by atoms with Gasteiger partial charge in [0.15, 0.2) is 5.65 Å². The molecule has 0 spiro atoms. The van der Waals surface area contributed by atoms with E-state index in [1.807, 2.05) is 0 Å². The maximum absolute atomic E-state index is 14.7. The van der Waals surface area contributed by atoms with Crippen LogP contribution >= 0.6 is 0 Å². The van der Waals surface area contributed by atoms with Gasteiger partial charge in [0.1, 0.15) is 33.0 Å². The van der Waals surface area contributed by atoms with Crippen molar-refractivity contribution in [2.45, 2.75) is 13.3 Å². The Morgan fingerprint density at radius 2 is 1.71 bits per heavy atom. The standard InChI is InChI=1S/C24H20F3N3O4S/c1-14-13-15(25)7-8-16(14)21-17-9-10-20(31)30(22-18(26)5-3-6-19(22)27)23(17)29-24(28-21)34-11-4-12-35(2,32)33/h3,5-10,13H,4,11-12H2,1-2H3. The Balaban J connectivity index is 1.96. The van der Waals surface area contributed by atoms with E-state index in [9.17, 15) is 26.4 Å². The third-order valence-electron chi connectivity index (χ3n) is 5.23. The molecule has 0 amide bonds. The van der Waals surface area contributed by atoms with E-state index in [0.717, 1.165) is 29.0 Å². The molecule has 0 atom stereocenters. The molecular formula is C24H20F3N3O4S. The second kappa shape index (κ2) is 9.49. The van der Waals surface area contributed by atoms with E-state index < -0.39 is 38.5 Å². The Bertz CT molecular complexity index is 1580. The number of aromatic nitrogens is 3. The second-order valence-corrected chi connectivity index (χ2v) is 10.2. The molecule has 4 aromatic rings. The van der Waals surface area contributed by atoms with Gasteiger partial charge in [-0.05, 0) is 55.3 Å². The Morgan fingerprint density at radius 3 is 2.37 bits per heavy atom. The zero-order valence-corrected chi connectivity index (χ0v) is 19.6. The quantitative estimate of drug-likeness (QED) is 0.354. The van der Waals surface area contributed by atoms with Crippen molar-refractivity contribution in [2.24, 2.45) is 0 Å². The van der Waals surface area contributed by atoms with E-state index >= 15 is 0 Å². The summed E-state index contributed by atoms with van der Waals surface area (Å²) < 4.78 is 72.2. The van der Waals surface area contributed by atoms with Gasteiger partial charge in [-0.2, -0.15) is 9.97 Å². The Kier molecular flexibility index (Phi) is 6.62. The van der Waals surface area contributed by atoms with Crippen LogP contribution in [0.4, 0.5) is 13.2 Å². The van der Waals surface area contributed by atoms with E-state index in [2.05, 4.69) is 9.97 Å². The number of sulfone groups is 1. The predicted octanol–water partition coefficient (Wildman–Crippen LogP) is 3.99. The van der Waals surface area contributed by atoms with Crippen LogP contribution in [0.2, 0.25) is 0 Å². The maximum atomic E-state index is 14.7. The van der Waals surface area contributed by atoms with Crippen molar-refractivity contribution < 1.29 is 26.3 Å². The third kappa shape index (κ3) is 5.19. The SMILES string of the molecule is Cc1cc(F)ccc1-c1nc(OCCCS(C)(=O)=O)nc2c1ccc(=O)n2-c1c(F)cccc1F. The highest BCUT2D eigenvalue weighted by molar-refractivity contribution is 7.90. The lowest BCUT2D eigenvalue weighted by Gasteiger charge is -2.15. The molecule has 0 N–H and O–H groups in total. The van der Waals surface area contributed by atoms with Crippen molar-refractivity contribution in [2.75, 3.05) is 18.6 Å². The van der Waals surface area contributed by atoms with Gasteiger partial charge in [0.25, 0.3) is 5.56 Å². The lowest BCUT2D eigenvalue weighted by atomic mass is 10.0. The largest absolute Gasteiger partial charge is 0.463 e. The van der Waals surface area contributed by atoms with E-state index in [0.29, 0.717) is 11.1 Å². The van der Waals surface area contributed by atoms with Crippen molar-refractivity contribution in [1.82, 2.24) is 14.5 Å².